The molecule has 0 bridgehead atoms. The number of fused-ring (bicyclic) bond motifs is 1. The molecule has 3 rings (SSSR count). The van der Waals surface area contributed by atoms with Gasteiger partial charge in [0.2, 0.25) is 0 Å². The van der Waals surface area contributed by atoms with Gasteiger partial charge in [0.05, 0.1) is 0 Å². The highest BCUT2D eigenvalue weighted by Crippen LogP contribution is 2.28. The van der Waals surface area contributed by atoms with Crippen LogP contribution in [-0.2, 0) is 5.75 Å². The molecule has 1 heterocycles. The number of hydrogen-bond donors (Lipinski definition) is 2. The summed E-state index contributed by atoms with van der Waals surface area (Å²) in [4.78, 5) is 12.6. The van der Waals surface area contributed by atoms with Crippen molar-refractivity contribution in [1.82, 2.24) is 0 Å². The van der Waals surface area contributed by atoms with E-state index in [0.29, 0.717) is 11.3 Å². The van der Waals surface area contributed by atoms with Gasteiger partial charge in [-0.25, -0.2) is 4.79 Å². The van der Waals surface area contributed by atoms with E-state index in [4.69, 9.17) is 4.42 Å². The molecule has 0 unspecified atom stereocenters. The summed E-state index contributed by atoms with van der Waals surface area (Å²) in [5.74, 6) is 0.882. The van der Waals surface area contributed by atoms with Crippen LogP contribution in [0.1, 0.15) is 5.56 Å². The zero-order chi connectivity index (χ0) is 14.8. The third-order valence-corrected chi connectivity index (χ3v) is 4.11. The average Bonchev–Trinajstić information content (AvgIpc) is 2.45. The number of benzene rings is 2. The first-order chi connectivity index (χ1) is 10.1. The molecule has 0 saturated carbocycles. The molecule has 106 valence electrons. The van der Waals surface area contributed by atoms with Crippen molar-refractivity contribution in [1.29, 1.82) is 0 Å². The first-order valence-corrected chi connectivity index (χ1v) is 7.28. The van der Waals surface area contributed by atoms with Gasteiger partial charge in [-0.1, -0.05) is 0 Å². The van der Waals surface area contributed by atoms with E-state index in [9.17, 15) is 15.0 Å². The predicted molar refractivity (Wildman–Crippen MR) is 81.8 cm³/mol. The normalized spacial score (nSPS) is 10.9. The summed E-state index contributed by atoms with van der Waals surface area (Å²) >= 11 is 1.56. The van der Waals surface area contributed by atoms with E-state index in [1.54, 1.807) is 36.0 Å². The standard InChI is InChI=1S/C16H12O4S/c17-11-1-4-13(5-2-11)21-9-10-7-16(19)20-15-8-12(18)3-6-14(10)15/h1-8,17-18H,9H2. The van der Waals surface area contributed by atoms with Crippen LogP contribution in [0, 0.1) is 0 Å². The highest BCUT2D eigenvalue weighted by atomic mass is 32.2. The van der Waals surface area contributed by atoms with Gasteiger partial charge < -0.3 is 14.6 Å². The van der Waals surface area contributed by atoms with Gasteiger partial charge >= 0.3 is 5.63 Å². The van der Waals surface area contributed by atoms with E-state index in [1.807, 2.05) is 12.1 Å². The lowest BCUT2D eigenvalue weighted by atomic mass is 10.1. The minimum Gasteiger partial charge on any atom is -0.508 e. The van der Waals surface area contributed by atoms with Crippen LogP contribution in [0.5, 0.6) is 11.5 Å². The van der Waals surface area contributed by atoms with E-state index in [0.717, 1.165) is 15.8 Å². The van der Waals surface area contributed by atoms with Gasteiger partial charge in [-0.3, -0.25) is 0 Å². The molecule has 0 amide bonds. The van der Waals surface area contributed by atoms with Crippen molar-refractivity contribution in [2.45, 2.75) is 10.6 Å². The van der Waals surface area contributed by atoms with E-state index < -0.39 is 5.63 Å². The molecule has 0 aliphatic rings. The molecule has 0 aliphatic heterocycles. The summed E-state index contributed by atoms with van der Waals surface area (Å²) in [5.41, 5.74) is 0.789. The second-order valence-corrected chi connectivity index (χ2v) is 5.60. The van der Waals surface area contributed by atoms with Crippen LogP contribution in [0.4, 0.5) is 0 Å². The summed E-state index contributed by atoms with van der Waals surface area (Å²) in [5, 5.41) is 19.5. The third kappa shape index (κ3) is 3.03. The summed E-state index contributed by atoms with van der Waals surface area (Å²) in [6, 6.07) is 13.1. The Morgan fingerprint density at radius 3 is 2.43 bits per heavy atom. The maximum Gasteiger partial charge on any atom is 0.336 e. The zero-order valence-corrected chi connectivity index (χ0v) is 11.8. The zero-order valence-electron chi connectivity index (χ0n) is 10.9. The van der Waals surface area contributed by atoms with Gasteiger partial charge in [0, 0.05) is 28.2 Å². The molecule has 1 aromatic heterocycles. The molecule has 0 fully saturated rings. The fraction of sp³-hybridized carbons (Fsp3) is 0.0625. The number of phenolic OH excluding ortho intramolecular Hbond substituents is 2. The number of phenols is 2. The molecule has 2 N–H and O–H groups in total. The lowest BCUT2D eigenvalue weighted by Crippen LogP contribution is -1.99. The smallest absolute Gasteiger partial charge is 0.336 e. The Balaban J connectivity index is 1.93. The largest absolute Gasteiger partial charge is 0.508 e. The van der Waals surface area contributed by atoms with Gasteiger partial charge in [-0.15, -0.1) is 11.8 Å². The molecular weight excluding hydrogens is 288 g/mol. The Morgan fingerprint density at radius 1 is 0.952 bits per heavy atom. The van der Waals surface area contributed by atoms with E-state index in [1.165, 1.54) is 12.1 Å². The molecule has 2 aromatic carbocycles. The lowest BCUT2D eigenvalue weighted by molar-refractivity contribution is 0.473. The predicted octanol–water partition coefficient (Wildman–Crippen LogP) is 3.50. The van der Waals surface area contributed by atoms with Crippen molar-refractivity contribution in [3.63, 3.8) is 0 Å². The second-order valence-electron chi connectivity index (χ2n) is 4.55. The quantitative estimate of drug-likeness (QED) is 0.572. The van der Waals surface area contributed by atoms with Gasteiger partial charge in [-0.05, 0) is 42.0 Å². The van der Waals surface area contributed by atoms with E-state index in [2.05, 4.69) is 0 Å². The van der Waals surface area contributed by atoms with Crippen LogP contribution in [0.2, 0.25) is 0 Å². The van der Waals surface area contributed by atoms with Crippen molar-refractivity contribution >= 4 is 22.7 Å². The van der Waals surface area contributed by atoms with Crippen LogP contribution in [0.3, 0.4) is 0 Å². The van der Waals surface area contributed by atoms with Crippen molar-refractivity contribution in [3.8, 4) is 11.5 Å². The highest BCUT2D eigenvalue weighted by Gasteiger charge is 2.07. The number of hydrogen-bond acceptors (Lipinski definition) is 5. The van der Waals surface area contributed by atoms with E-state index in [-0.39, 0.29) is 11.5 Å². The molecule has 0 saturated heterocycles. The highest BCUT2D eigenvalue weighted by molar-refractivity contribution is 7.98. The number of thioether (sulfide) groups is 1. The fourth-order valence-electron chi connectivity index (χ4n) is 2.04. The van der Waals surface area contributed by atoms with Gasteiger partial charge in [0.25, 0.3) is 0 Å². The van der Waals surface area contributed by atoms with Gasteiger partial charge in [0.1, 0.15) is 17.1 Å². The summed E-state index contributed by atoms with van der Waals surface area (Å²) in [6.07, 6.45) is 0. The van der Waals surface area contributed by atoms with Crippen LogP contribution in [0.15, 0.2) is 62.6 Å². The Labute approximate surface area is 124 Å². The fourth-order valence-corrected chi connectivity index (χ4v) is 2.93. The Bertz CT molecular complexity index is 837. The molecule has 4 nitrogen and oxygen atoms in total. The first-order valence-electron chi connectivity index (χ1n) is 6.29. The minimum atomic E-state index is -0.436. The Morgan fingerprint density at radius 2 is 1.67 bits per heavy atom. The summed E-state index contributed by atoms with van der Waals surface area (Å²) in [7, 11) is 0. The molecule has 0 atom stereocenters. The maximum atomic E-state index is 11.6. The van der Waals surface area contributed by atoms with Crippen molar-refractivity contribution < 1.29 is 14.6 Å². The molecule has 21 heavy (non-hydrogen) atoms. The number of aromatic hydroxyl groups is 2. The summed E-state index contributed by atoms with van der Waals surface area (Å²) < 4.78 is 5.09. The lowest BCUT2D eigenvalue weighted by Gasteiger charge is -2.06. The van der Waals surface area contributed by atoms with Gasteiger partial charge in [0.15, 0.2) is 0 Å². The maximum absolute atomic E-state index is 11.6. The average molecular weight is 300 g/mol. The number of rotatable bonds is 3. The SMILES string of the molecule is O=c1cc(CSc2ccc(O)cc2)c2ccc(O)cc2o1. The third-order valence-electron chi connectivity index (χ3n) is 3.04. The molecule has 3 aromatic rings. The van der Waals surface area contributed by atoms with Crippen LogP contribution in [0.25, 0.3) is 11.0 Å². The van der Waals surface area contributed by atoms with Crippen molar-refractivity contribution in [2.24, 2.45) is 0 Å². The molecule has 0 spiro atoms. The van der Waals surface area contributed by atoms with Crippen LogP contribution >= 0.6 is 11.8 Å². The van der Waals surface area contributed by atoms with Crippen LogP contribution < -0.4 is 5.63 Å². The minimum absolute atomic E-state index is 0.0639. The molecule has 0 aliphatic carbocycles. The van der Waals surface area contributed by atoms with Crippen molar-refractivity contribution in [3.05, 3.63) is 64.5 Å². The van der Waals surface area contributed by atoms with Crippen molar-refractivity contribution in [2.75, 3.05) is 0 Å². The van der Waals surface area contributed by atoms with E-state index >= 15 is 0 Å². The molecule has 5 heteroatoms. The molecule has 0 radical (unpaired) electrons. The Hall–Kier alpha value is -2.40. The first kappa shape index (κ1) is 13.6. The monoisotopic (exact) mass is 300 g/mol. The Kier molecular flexibility index (Phi) is 3.58. The topological polar surface area (TPSA) is 70.7 Å². The second kappa shape index (κ2) is 5.54. The van der Waals surface area contributed by atoms with Crippen LogP contribution in [-0.4, -0.2) is 10.2 Å². The molecular formula is C16H12O4S. The van der Waals surface area contributed by atoms with Gasteiger partial charge in [-0.2, -0.15) is 0 Å². The summed E-state index contributed by atoms with van der Waals surface area (Å²) in [6.45, 7) is 0.